The van der Waals surface area contributed by atoms with E-state index in [4.69, 9.17) is 0 Å². The van der Waals surface area contributed by atoms with Crippen LogP contribution < -0.4 is 0 Å². The number of rotatable bonds is 4. The van der Waals surface area contributed by atoms with Gasteiger partial charge in [0.2, 0.25) is 0 Å². The Labute approximate surface area is 126 Å². The predicted molar refractivity (Wildman–Crippen MR) is 82.9 cm³/mol. The standard InChI is InChI=1S/C13H18Br2O2S/c1-13(2,3)10(8-14)9-18(16,17)12-6-4-5-11(15)7-12/h4-7,10H,8-9H2,1-3H3. The van der Waals surface area contributed by atoms with Gasteiger partial charge in [-0.2, -0.15) is 0 Å². The van der Waals surface area contributed by atoms with Crippen LogP contribution in [0.3, 0.4) is 0 Å². The van der Waals surface area contributed by atoms with Gasteiger partial charge in [0.1, 0.15) is 0 Å². The van der Waals surface area contributed by atoms with Crippen LogP contribution in [0, 0.1) is 11.3 Å². The number of alkyl halides is 1. The monoisotopic (exact) mass is 396 g/mol. The Balaban J connectivity index is 3.02. The van der Waals surface area contributed by atoms with Gasteiger partial charge in [0.15, 0.2) is 9.84 Å². The van der Waals surface area contributed by atoms with E-state index in [1.165, 1.54) is 0 Å². The maximum atomic E-state index is 12.4. The number of hydrogen-bond acceptors (Lipinski definition) is 2. The lowest BCUT2D eigenvalue weighted by Crippen LogP contribution is -2.29. The Morgan fingerprint density at radius 3 is 2.33 bits per heavy atom. The second kappa shape index (κ2) is 6.06. The highest BCUT2D eigenvalue weighted by Gasteiger charge is 2.29. The van der Waals surface area contributed by atoms with Crippen LogP contribution in [0.2, 0.25) is 0 Å². The van der Waals surface area contributed by atoms with Crippen molar-refractivity contribution >= 4 is 41.7 Å². The van der Waals surface area contributed by atoms with Gasteiger partial charge in [-0.3, -0.25) is 0 Å². The molecule has 0 saturated heterocycles. The zero-order chi connectivity index (χ0) is 14.0. The van der Waals surface area contributed by atoms with Crippen molar-refractivity contribution in [2.24, 2.45) is 11.3 Å². The van der Waals surface area contributed by atoms with Gasteiger partial charge in [-0.25, -0.2) is 8.42 Å². The molecule has 1 atom stereocenters. The highest BCUT2D eigenvalue weighted by molar-refractivity contribution is 9.10. The molecule has 0 aromatic heterocycles. The molecule has 0 saturated carbocycles. The van der Waals surface area contributed by atoms with Gasteiger partial charge in [0, 0.05) is 9.80 Å². The summed E-state index contributed by atoms with van der Waals surface area (Å²) in [5.41, 5.74) is -0.0391. The van der Waals surface area contributed by atoms with Crippen LogP contribution in [0.1, 0.15) is 20.8 Å². The third-order valence-electron chi connectivity index (χ3n) is 2.99. The predicted octanol–water partition coefficient (Wildman–Crippen LogP) is 4.28. The molecule has 1 rings (SSSR count). The maximum absolute atomic E-state index is 12.4. The number of halogens is 2. The Morgan fingerprint density at radius 1 is 1.28 bits per heavy atom. The van der Waals surface area contributed by atoms with Crippen molar-refractivity contribution in [2.45, 2.75) is 25.7 Å². The minimum absolute atomic E-state index is 0.0391. The van der Waals surface area contributed by atoms with E-state index in [9.17, 15) is 8.42 Å². The summed E-state index contributed by atoms with van der Waals surface area (Å²) in [5.74, 6) is 0.250. The van der Waals surface area contributed by atoms with E-state index in [1.54, 1.807) is 18.2 Å². The van der Waals surface area contributed by atoms with Crippen LogP contribution in [0.5, 0.6) is 0 Å². The van der Waals surface area contributed by atoms with E-state index in [0.717, 1.165) is 4.47 Å². The summed E-state index contributed by atoms with van der Waals surface area (Å²) in [6, 6.07) is 6.87. The maximum Gasteiger partial charge on any atom is 0.178 e. The molecule has 0 aliphatic carbocycles. The third kappa shape index (κ3) is 4.35. The van der Waals surface area contributed by atoms with Gasteiger partial charge in [-0.05, 0) is 29.5 Å². The SMILES string of the molecule is CC(C)(C)C(CBr)CS(=O)(=O)c1cccc(Br)c1. The third-order valence-corrected chi connectivity index (χ3v) is 6.08. The van der Waals surface area contributed by atoms with Crippen LogP contribution >= 0.6 is 31.9 Å². The van der Waals surface area contributed by atoms with Gasteiger partial charge >= 0.3 is 0 Å². The lowest BCUT2D eigenvalue weighted by Gasteiger charge is -2.28. The first-order valence-corrected chi connectivity index (χ1v) is 9.28. The topological polar surface area (TPSA) is 34.1 Å². The molecule has 1 aromatic rings. The van der Waals surface area contributed by atoms with Gasteiger partial charge in [-0.15, -0.1) is 0 Å². The molecule has 0 amide bonds. The van der Waals surface area contributed by atoms with Crippen LogP contribution in [-0.2, 0) is 9.84 Å². The quantitative estimate of drug-likeness (QED) is 0.710. The van der Waals surface area contributed by atoms with Crippen molar-refractivity contribution < 1.29 is 8.42 Å². The summed E-state index contributed by atoms with van der Waals surface area (Å²) in [6.07, 6.45) is 0. The molecule has 0 N–H and O–H groups in total. The van der Waals surface area contributed by atoms with Crippen molar-refractivity contribution in [2.75, 3.05) is 11.1 Å². The number of sulfone groups is 1. The Morgan fingerprint density at radius 2 is 1.89 bits per heavy atom. The molecule has 5 heteroatoms. The lowest BCUT2D eigenvalue weighted by molar-refractivity contribution is 0.291. The molecule has 0 aliphatic heterocycles. The van der Waals surface area contributed by atoms with E-state index in [0.29, 0.717) is 10.2 Å². The molecule has 0 aliphatic rings. The van der Waals surface area contributed by atoms with Crippen LogP contribution in [0.4, 0.5) is 0 Å². The molecular formula is C13H18Br2O2S. The van der Waals surface area contributed by atoms with Crippen molar-refractivity contribution in [1.29, 1.82) is 0 Å². The number of hydrogen-bond donors (Lipinski definition) is 0. The zero-order valence-corrected chi connectivity index (χ0v) is 14.8. The summed E-state index contributed by atoms with van der Waals surface area (Å²) in [5, 5.41) is 0.684. The first kappa shape index (κ1) is 16.2. The molecule has 0 radical (unpaired) electrons. The van der Waals surface area contributed by atoms with Gasteiger partial charge in [-0.1, -0.05) is 58.7 Å². The van der Waals surface area contributed by atoms with E-state index in [1.807, 2.05) is 6.07 Å². The van der Waals surface area contributed by atoms with Crippen molar-refractivity contribution in [3.63, 3.8) is 0 Å². The van der Waals surface area contributed by atoms with E-state index in [-0.39, 0.29) is 17.1 Å². The molecule has 102 valence electrons. The second-order valence-corrected chi connectivity index (χ2v) is 9.05. The van der Waals surface area contributed by atoms with Gasteiger partial charge < -0.3 is 0 Å². The Kier molecular flexibility index (Phi) is 5.44. The molecule has 1 aromatic carbocycles. The van der Waals surface area contributed by atoms with Crippen LogP contribution in [-0.4, -0.2) is 19.5 Å². The normalized spacial score (nSPS) is 14.5. The molecule has 1 unspecified atom stereocenters. The molecule has 0 bridgehead atoms. The van der Waals surface area contributed by atoms with Crippen LogP contribution in [0.15, 0.2) is 33.6 Å². The average Bonchev–Trinajstić information content (AvgIpc) is 2.24. The van der Waals surface area contributed by atoms with E-state index in [2.05, 4.69) is 52.6 Å². The summed E-state index contributed by atoms with van der Waals surface area (Å²) in [4.78, 5) is 0.382. The fraction of sp³-hybridized carbons (Fsp3) is 0.538. The first-order chi connectivity index (χ1) is 8.16. The largest absolute Gasteiger partial charge is 0.224 e. The van der Waals surface area contributed by atoms with Gasteiger partial charge in [0.25, 0.3) is 0 Å². The minimum atomic E-state index is -3.24. The van der Waals surface area contributed by atoms with Crippen LogP contribution in [0.25, 0.3) is 0 Å². The first-order valence-electron chi connectivity index (χ1n) is 5.71. The summed E-state index contributed by atoms with van der Waals surface area (Å²) in [6.45, 7) is 6.19. The Bertz CT molecular complexity index is 504. The van der Waals surface area contributed by atoms with E-state index < -0.39 is 9.84 Å². The summed E-state index contributed by atoms with van der Waals surface area (Å²) >= 11 is 6.72. The lowest BCUT2D eigenvalue weighted by atomic mass is 9.83. The highest BCUT2D eigenvalue weighted by Crippen LogP contribution is 2.30. The highest BCUT2D eigenvalue weighted by atomic mass is 79.9. The van der Waals surface area contributed by atoms with Gasteiger partial charge in [0.05, 0.1) is 10.6 Å². The summed E-state index contributed by atoms with van der Waals surface area (Å²) < 4.78 is 25.5. The Hall–Kier alpha value is 0.130. The second-order valence-electron chi connectivity index (χ2n) is 5.46. The molecule has 0 fully saturated rings. The molecule has 0 heterocycles. The van der Waals surface area contributed by atoms with Crippen molar-refractivity contribution in [3.05, 3.63) is 28.7 Å². The number of benzene rings is 1. The molecular weight excluding hydrogens is 380 g/mol. The summed E-state index contributed by atoms with van der Waals surface area (Å²) in [7, 11) is -3.24. The van der Waals surface area contributed by atoms with Crippen molar-refractivity contribution in [1.82, 2.24) is 0 Å². The minimum Gasteiger partial charge on any atom is -0.224 e. The average molecular weight is 398 g/mol. The molecule has 2 nitrogen and oxygen atoms in total. The van der Waals surface area contributed by atoms with E-state index >= 15 is 0 Å². The van der Waals surface area contributed by atoms with Crippen molar-refractivity contribution in [3.8, 4) is 0 Å². The fourth-order valence-corrected chi connectivity index (χ4v) is 5.53. The smallest absolute Gasteiger partial charge is 0.178 e. The molecule has 0 spiro atoms. The fourth-order valence-electron chi connectivity index (χ4n) is 1.55. The molecule has 18 heavy (non-hydrogen) atoms. The zero-order valence-electron chi connectivity index (χ0n) is 10.8.